The van der Waals surface area contributed by atoms with Gasteiger partial charge in [0.1, 0.15) is 12.6 Å². The second kappa shape index (κ2) is 11.5. The zero-order valence-electron chi connectivity index (χ0n) is 19.7. The quantitative estimate of drug-likeness (QED) is 0.546. The number of sulfonamides is 1. The Morgan fingerprint density at radius 3 is 2.33 bits per heavy atom. The number of hydrogen-bond donors (Lipinski definition) is 1. The third-order valence-electron chi connectivity index (χ3n) is 5.47. The molecule has 2 aromatic rings. The van der Waals surface area contributed by atoms with E-state index in [1.54, 1.807) is 62.4 Å². The minimum absolute atomic E-state index is 0.0532. The number of amides is 2. The summed E-state index contributed by atoms with van der Waals surface area (Å²) < 4.78 is 26.3. The van der Waals surface area contributed by atoms with Crippen molar-refractivity contribution in [3.05, 3.63) is 64.7 Å². The van der Waals surface area contributed by atoms with Crippen molar-refractivity contribution in [1.82, 2.24) is 10.2 Å². The van der Waals surface area contributed by atoms with E-state index >= 15 is 0 Å². The van der Waals surface area contributed by atoms with Crippen molar-refractivity contribution in [2.24, 2.45) is 0 Å². The molecule has 0 heterocycles. The van der Waals surface area contributed by atoms with Gasteiger partial charge in [0.2, 0.25) is 21.8 Å². The van der Waals surface area contributed by atoms with Crippen LogP contribution in [0.5, 0.6) is 0 Å². The van der Waals surface area contributed by atoms with Crippen molar-refractivity contribution in [3.63, 3.8) is 0 Å². The molecule has 0 aliphatic heterocycles. The number of nitrogens with one attached hydrogen (secondary N) is 1. The van der Waals surface area contributed by atoms with Crippen LogP contribution in [-0.2, 0) is 26.2 Å². The highest BCUT2D eigenvalue weighted by Crippen LogP contribution is 2.23. The van der Waals surface area contributed by atoms with Crippen LogP contribution < -0.4 is 9.62 Å². The monoisotopic (exact) mass is 493 g/mol. The van der Waals surface area contributed by atoms with E-state index in [1.165, 1.54) is 4.90 Å². The normalized spacial score (nSPS) is 13.2. The Hall–Kier alpha value is -2.58. The first-order valence-corrected chi connectivity index (χ1v) is 13.0. The molecule has 0 spiro atoms. The van der Waals surface area contributed by atoms with Gasteiger partial charge in [-0.05, 0) is 56.5 Å². The number of hydrogen-bond acceptors (Lipinski definition) is 4. The molecule has 2 amide bonds. The topological polar surface area (TPSA) is 86.8 Å². The lowest BCUT2D eigenvalue weighted by Gasteiger charge is -2.32. The SMILES string of the molecule is CC[C@H](C)NC(=O)[C@@H](C)N(Cc1cccc(Cl)c1)C(=O)CN(c1ccccc1C)S(C)(=O)=O. The van der Waals surface area contributed by atoms with Gasteiger partial charge < -0.3 is 10.2 Å². The third-order valence-corrected chi connectivity index (χ3v) is 6.84. The van der Waals surface area contributed by atoms with Crippen LogP contribution in [0.2, 0.25) is 5.02 Å². The molecule has 2 rings (SSSR count). The molecule has 0 bridgehead atoms. The molecule has 2 aromatic carbocycles. The minimum atomic E-state index is -3.75. The van der Waals surface area contributed by atoms with Gasteiger partial charge in [0.15, 0.2) is 0 Å². The molecule has 0 radical (unpaired) electrons. The van der Waals surface area contributed by atoms with Crippen LogP contribution in [0, 0.1) is 6.92 Å². The van der Waals surface area contributed by atoms with Gasteiger partial charge in [-0.25, -0.2) is 8.42 Å². The lowest BCUT2D eigenvalue weighted by molar-refractivity contribution is -0.139. The smallest absolute Gasteiger partial charge is 0.244 e. The first-order valence-electron chi connectivity index (χ1n) is 10.8. The summed E-state index contributed by atoms with van der Waals surface area (Å²) in [5.41, 5.74) is 1.88. The number of aryl methyl sites for hydroxylation is 1. The van der Waals surface area contributed by atoms with Crippen LogP contribution >= 0.6 is 11.6 Å². The average Bonchev–Trinajstić information content (AvgIpc) is 2.75. The van der Waals surface area contributed by atoms with Crippen molar-refractivity contribution < 1.29 is 18.0 Å². The first kappa shape index (κ1) is 26.7. The van der Waals surface area contributed by atoms with E-state index in [1.807, 2.05) is 13.8 Å². The van der Waals surface area contributed by atoms with Gasteiger partial charge in [0.25, 0.3) is 0 Å². The van der Waals surface area contributed by atoms with Crippen LogP contribution in [0.1, 0.15) is 38.3 Å². The van der Waals surface area contributed by atoms with Gasteiger partial charge in [-0.1, -0.05) is 48.9 Å². The number of anilines is 1. The van der Waals surface area contributed by atoms with Gasteiger partial charge in [0.05, 0.1) is 11.9 Å². The van der Waals surface area contributed by atoms with E-state index < -0.39 is 28.5 Å². The van der Waals surface area contributed by atoms with Gasteiger partial charge in [0, 0.05) is 17.6 Å². The van der Waals surface area contributed by atoms with E-state index in [0.717, 1.165) is 28.1 Å². The number of nitrogens with zero attached hydrogens (tertiary/aromatic N) is 2. The van der Waals surface area contributed by atoms with Crippen molar-refractivity contribution in [2.45, 2.75) is 52.7 Å². The summed E-state index contributed by atoms with van der Waals surface area (Å²) in [7, 11) is -3.75. The molecule has 0 saturated carbocycles. The molecule has 0 aliphatic carbocycles. The average molecular weight is 494 g/mol. The second-order valence-electron chi connectivity index (χ2n) is 8.20. The molecule has 7 nitrogen and oxygen atoms in total. The molecule has 0 saturated heterocycles. The Morgan fingerprint density at radius 2 is 1.76 bits per heavy atom. The largest absolute Gasteiger partial charge is 0.352 e. The number of benzene rings is 2. The third kappa shape index (κ3) is 7.47. The van der Waals surface area contributed by atoms with Crippen molar-refractivity contribution in [3.8, 4) is 0 Å². The molecule has 0 unspecified atom stereocenters. The van der Waals surface area contributed by atoms with Crippen LogP contribution in [0.15, 0.2) is 48.5 Å². The van der Waals surface area contributed by atoms with E-state index in [4.69, 9.17) is 11.6 Å². The zero-order valence-corrected chi connectivity index (χ0v) is 21.3. The fourth-order valence-corrected chi connectivity index (χ4v) is 4.44. The Kier molecular flexibility index (Phi) is 9.31. The molecule has 2 atom stereocenters. The number of para-hydroxylation sites is 1. The number of halogens is 1. The predicted octanol–water partition coefficient (Wildman–Crippen LogP) is 3.75. The minimum Gasteiger partial charge on any atom is -0.352 e. The molecule has 0 aliphatic rings. The van der Waals surface area contributed by atoms with Crippen LogP contribution in [0.4, 0.5) is 5.69 Å². The maximum absolute atomic E-state index is 13.5. The summed E-state index contributed by atoms with van der Waals surface area (Å²) in [5, 5.41) is 3.40. The highest BCUT2D eigenvalue weighted by molar-refractivity contribution is 7.92. The van der Waals surface area contributed by atoms with Crippen LogP contribution in [0.3, 0.4) is 0 Å². The summed E-state index contributed by atoms with van der Waals surface area (Å²) in [6.45, 7) is 6.95. The van der Waals surface area contributed by atoms with Crippen LogP contribution in [-0.4, -0.2) is 50.0 Å². The van der Waals surface area contributed by atoms with Crippen molar-refractivity contribution >= 4 is 39.1 Å². The summed E-state index contributed by atoms with van der Waals surface area (Å²) in [6.07, 6.45) is 1.81. The predicted molar refractivity (Wildman–Crippen MR) is 133 cm³/mol. The van der Waals surface area contributed by atoms with E-state index in [0.29, 0.717) is 10.7 Å². The van der Waals surface area contributed by atoms with E-state index in [2.05, 4.69) is 5.32 Å². The molecule has 33 heavy (non-hydrogen) atoms. The number of carbonyl (C=O) groups excluding carboxylic acids is 2. The van der Waals surface area contributed by atoms with Crippen LogP contribution in [0.25, 0.3) is 0 Å². The maximum Gasteiger partial charge on any atom is 0.244 e. The molecule has 180 valence electrons. The van der Waals surface area contributed by atoms with Gasteiger partial charge in [-0.2, -0.15) is 0 Å². The molecular formula is C24H32ClN3O4S. The Morgan fingerprint density at radius 1 is 1.09 bits per heavy atom. The summed E-state index contributed by atoms with van der Waals surface area (Å²) in [6, 6.07) is 13.1. The zero-order chi connectivity index (χ0) is 24.8. The van der Waals surface area contributed by atoms with E-state index in [9.17, 15) is 18.0 Å². The first-order chi connectivity index (χ1) is 15.4. The lowest BCUT2D eigenvalue weighted by atomic mass is 10.1. The Labute approximate surface area is 201 Å². The molecule has 0 aromatic heterocycles. The Balaban J connectivity index is 2.40. The summed E-state index contributed by atoms with van der Waals surface area (Å²) in [5.74, 6) is -0.794. The van der Waals surface area contributed by atoms with Gasteiger partial charge >= 0.3 is 0 Å². The second-order valence-corrected chi connectivity index (χ2v) is 10.5. The highest BCUT2D eigenvalue weighted by Gasteiger charge is 2.30. The fourth-order valence-electron chi connectivity index (χ4n) is 3.32. The molecular weight excluding hydrogens is 462 g/mol. The highest BCUT2D eigenvalue weighted by atomic mass is 35.5. The summed E-state index contributed by atoms with van der Waals surface area (Å²) >= 11 is 6.11. The Bertz CT molecular complexity index is 1090. The fraction of sp³-hybridized carbons (Fsp3) is 0.417. The van der Waals surface area contributed by atoms with Gasteiger partial charge in [-0.15, -0.1) is 0 Å². The lowest BCUT2D eigenvalue weighted by Crippen LogP contribution is -2.52. The maximum atomic E-state index is 13.5. The van der Waals surface area contributed by atoms with Gasteiger partial charge in [-0.3, -0.25) is 13.9 Å². The summed E-state index contributed by atoms with van der Waals surface area (Å²) in [4.78, 5) is 27.7. The molecule has 1 N–H and O–H groups in total. The van der Waals surface area contributed by atoms with Crippen molar-refractivity contribution in [1.29, 1.82) is 0 Å². The van der Waals surface area contributed by atoms with Crippen molar-refractivity contribution in [2.75, 3.05) is 17.1 Å². The van der Waals surface area contributed by atoms with E-state index in [-0.39, 0.29) is 18.5 Å². The standard InChI is InChI=1S/C24H32ClN3O4S/c1-6-18(3)26-24(30)19(4)27(15-20-11-9-12-21(25)14-20)23(29)16-28(33(5,31)32)22-13-8-7-10-17(22)2/h7-14,18-19H,6,15-16H2,1-5H3,(H,26,30)/t18-,19+/m0/s1. The molecule has 9 heteroatoms. The number of rotatable bonds is 10. The number of carbonyl (C=O) groups is 2. The molecule has 0 fully saturated rings.